The second kappa shape index (κ2) is 5.01. The summed E-state index contributed by atoms with van der Waals surface area (Å²) >= 11 is 3.49. The third-order valence-corrected chi connectivity index (χ3v) is 4.57. The first-order chi connectivity index (χ1) is 10.8. The quantitative estimate of drug-likeness (QED) is 0.452. The number of fused-ring (bicyclic) bond motifs is 3. The van der Waals surface area contributed by atoms with Crippen LogP contribution in [-0.4, -0.2) is 4.57 Å². The van der Waals surface area contributed by atoms with E-state index in [2.05, 4.69) is 75.1 Å². The molecule has 4 rings (SSSR count). The maximum Gasteiger partial charge on any atom is 0.100 e. The second-order valence-corrected chi connectivity index (χ2v) is 6.00. The standard InChI is InChI=1S/C19H11BrN2/c20-17-11-14(10-9-13(17)12-21)22-18-7-3-1-5-15(18)16-6-2-4-8-19(16)22/h1-11H. The highest BCUT2D eigenvalue weighted by Gasteiger charge is 2.12. The summed E-state index contributed by atoms with van der Waals surface area (Å²) in [5.74, 6) is 0. The largest absolute Gasteiger partial charge is 0.309 e. The Bertz CT molecular complexity index is 1000. The molecule has 0 N–H and O–H groups in total. The van der Waals surface area contributed by atoms with E-state index in [-0.39, 0.29) is 0 Å². The summed E-state index contributed by atoms with van der Waals surface area (Å²) in [7, 11) is 0. The van der Waals surface area contributed by atoms with Gasteiger partial charge in [-0.25, -0.2) is 0 Å². The van der Waals surface area contributed by atoms with Crippen molar-refractivity contribution in [3.8, 4) is 11.8 Å². The maximum atomic E-state index is 9.10. The van der Waals surface area contributed by atoms with Crippen molar-refractivity contribution < 1.29 is 0 Å². The summed E-state index contributed by atoms with van der Waals surface area (Å²) in [5, 5.41) is 11.6. The molecular formula is C19H11BrN2. The van der Waals surface area contributed by atoms with Crippen molar-refractivity contribution in [2.24, 2.45) is 0 Å². The number of halogens is 1. The highest BCUT2D eigenvalue weighted by Crippen LogP contribution is 2.32. The van der Waals surface area contributed by atoms with Crippen molar-refractivity contribution in [2.45, 2.75) is 0 Å². The lowest BCUT2D eigenvalue weighted by atomic mass is 10.2. The van der Waals surface area contributed by atoms with Gasteiger partial charge in [0.05, 0.1) is 16.6 Å². The van der Waals surface area contributed by atoms with Crippen molar-refractivity contribution >= 4 is 37.7 Å². The minimum absolute atomic E-state index is 0.643. The normalized spacial score (nSPS) is 10.9. The lowest BCUT2D eigenvalue weighted by Crippen LogP contribution is -1.94. The highest BCUT2D eigenvalue weighted by atomic mass is 79.9. The average Bonchev–Trinajstić information content (AvgIpc) is 2.89. The van der Waals surface area contributed by atoms with Gasteiger partial charge < -0.3 is 4.57 Å². The van der Waals surface area contributed by atoms with Crippen molar-refractivity contribution in [1.82, 2.24) is 4.57 Å². The molecule has 1 aromatic heterocycles. The third-order valence-electron chi connectivity index (χ3n) is 3.91. The van der Waals surface area contributed by atoms with Gasteiger partial charge in [0.15, 0.2) is 0 Å². The summed E-state index contributed by atoms with van der Waals surface area (Å²) in [6, 6.07) is 24.8. The van der Waals surface area contributed by atoms with E-state index in [1.165, 1.54) is 21.8 Å². The van der Waals surface area contributed by atoms with Crippen LogP contribution in [0.5, 0.6) is 0 Å². The van der Waals surface area contributed by atoms with Gasteiger partial charge in [0, 0.05) is 20.9 Å². The molecule has 0 unspecified atom stereocenters. The van der Waals surface area contributed by atoms with Crippen LogP contribution in [0.4, 0.5) is 0 Å². The zero-order chi connectivity index (χ0) is 15.1. The van der Waals surface area contributed by atoms with Gasteiger partial charge in [-0.05, 0) is 46.3 Å². The van der Waals surface area contributed by atoms with E-state index >= 15 is 0 Å². The molecule has 0 aliphatic heterocycles. The molecule has 0 fully saturated rings. The van der Waals surface area contributed by atoms with Crippen LogP contribution in [0.2, 0.25) is 0 Å². The number of hydrogen-bond acceptors (Lipinski definition) is 1. The zero-order valence-electron chi connectivity index (χ0n) is 11.6. The lowest BCUT2D eigenvalue weighted by Gasteiger charge is -2.08. The van der Waals surface area contributed by atoms with Crippen LogP contribution in [0.25, 0.3) is 27.5 Å². The van der Waals surface area contributed by atoms with Crippen LogP contribution in [-0.2, 0) is 0 Å². The maximum absolute atomic E-state index is 9.10. The summed E-state index contributed by atoms with van der Waals surface area (Å²) in [5.41, 5.74) is 4.02. The summed E-state index contributed by atoms with van der Waals surface area (Å²) in [4.78, 5) is 0. The number of nitriles is 1. The minimum atomic E-state index is 0.643. The Morgan fingerprint density at radius 3 is 1.95 bits per heavy atom. The fourth-order valence-electron chi connectivity index (χ4n) is 2.93. The number of hydrogen-bond donors (Lipinski definition) is 0. The van der Waals surface area contributed by atoms with Crippen LogP contribution in [0.3, 0.4) is 0 Å². The average molecular weight is 347 g/mol. The summed E-state index contributed by atoms with van der Waals surface area (Å²) < 4.78 is 3.05. The molecule has 1 heterocycles. The molecule has 0 amide bonds. The van der Waals surface area contributed by atoms with Crippen molar-refractivity contribution in [3.63, 3.8) is 0 Å². The Balaban J connectivity index is 2.13. The van der Waals surface area contributed by atoms with Gasteiger partial charge in [-0.2, -0.15) is 5.26 Å². The van der Waals surface area contributed by atoms with Gasteiger partial charge in [0.2, 0.25) is 0 Å². The molecule has 3 aromatic carbocycles. The molecule has 0 bridgehead atoms. The first kappa shape index (κ1) is 13.1. The molecule has 4 aromatic rings. The minimum Gasteiger partial charge on any atom is -0.309 e. The van der Waals surface area contributed by atoms with Crippen molar-refractivity contribution in [2.75, 3.05) is 0 Å². The van der Waals surface area contributed by atoms with Gasteiger partial charge in [-0.15, -0.1) is 0 Å². The van der Waals surface area contributed by atoms with E-state index < -0.39 is 0 Å². The Morgan fingerprint density at radius 1 is 0.818 bits per heavy atom. The van der Waals surface area contributed by atoms with Crippen LogP contribution in [0.15, 0.2) is 71.2 Å². The van der Waals surface area contributed by atoms with Gasteiger partial charge in [0.1, 0.15) is 6.07 Å². The van der Waals surface area contributed by atoms with Crippen molar-refractivity contribution in [1.29, 1.82) is 5.26 Å². The van der Waals surface area contributed by atoms with E-state index in [4.69, 9.17) is 5.26 Å². The first-order valence-corrected chi connectivity index (χ1v) is 7.77. The summed E-state index contributed by atoms with van der Waals surface area (Å²) in [6.45, 7) is 0. The van der Waals surface area contributed by atoms with Gasteiger partial charge in [0.25, 0.3) is 0 Å². The van der Waals surface area contributed by atoms with Gasteiger partial charge >= 0.3 is 0 Å². The number of benzene rings is 3. The second-order valence-electron chi connectivity index (χ2n) is 5.15. The fraction of sp³-hybridized carbons (Fsp3) is 0. The van der Waals surface area contributed by atoms with Crippen LogP contribution in [0.1, 0.15) is 5.56 Å². The highest BCUT2D eigenvalue weighted by molar-refractivity contribution is 9.10. The van der Waals surface area contributed by atoms with E-state index in [0.717, 1.165) is 10.2 Å². The van der Waals surface area contributed by atoms with E-state index in [9.17, 15) is 0 Å². The molecule has 0 aliphatic carbocycles. The van der Waals surface area contributed by atoms with Gasteiger partial charge in [-0.1, -0.05) is 36.4 Å². The van der Waals surface area contributed by atoms with Gasteiger partial charge in [-0.3, -0.25) is 0 Å². The number of aromatic nitrogens is 1. The Morgan fingerprint density at radius 2 is 1.41 bits per heavy atom. The zero-order valence-corrected chi connectivity index (χ0v) is 13.2. The third kappa shape index (κ3) is 1.85. The van der Waals surface area contributed by atoms with E-state index in [1.807, 2.05) is 18.2 Å². The topological polar surface area (TPSA) is 28.7 Å². The molecule has 104 valence electrons. The van der Waals surface area contributed by atoms with E-state index in [1.54, 1.807) is 0 Å². The number of rotatable bonds is 1. The fourth-order valence-corrected chi connectivity index (χ4v) is 3.39. The molecule has 3 heteroatoms. The molecule has 0 spiro atoms. The number of nitrogens with zero attached hydrogens (tertiary/aromatic N) is 2. The van der Waals surface area contributed by atoms with Crippen molar-refractivity contribution in [3.05, 3.63) is 76.8 Å². The SMILES string of the molecule is N#Cc1ccc(-n2c3ccccc3c3ccccc32)cc1Br. The Hall–Kier alpha value is -2.57. The molecule has 0 aliphatic rings. The Kier molecular flexibility index (Phi) is 2.99. The predicted molar refractivity (Wildman–Crippen MR) is 93.2 cm³/mol. The molecule has 2 nitrogen and oxygen atoms in total. The lowest BCUT2D eigenvalue weighted by molar-refractivity contribution is 1.17. The van der Waals surface area contributed by atoms with Crippen LogP contribution >= 0.6 is 15.9 Å². The van der Waals surface area contributed by atoms with E-state index in [0.29, 0.717) is 5.56 Å². The van der Waals surface area contributed by atoms with Crippen LogP contribution < -0.4 is 0 Å². The predicted octanol–water partition coefficient (Wildman–Crippen LogP) is 5.42. The molecule has 22 heavy (non-hydrogen) atoms. The smallest absolute Gasteiger partial charge is 0.100 e. The molecular weight excluding hydrogens is 336 g/mol. The molecule has 0 saturated carbocycles. The summed E-state index contributed by atoms with van der Waals surface area (Å²) in [6.07, 6.45) is 0. The molecule has 0 saturated heterocycles. The Labute approximate surface area is 136 Å². The monoisotopic (exact) mass is 346 g/mol. The molecule has 0 atom stereocenters. The molecule has 0 radical (unpaired) electrons. The first-order valence-electron chi connectivity index (χ1n) is 6.98. The van der Waals surface area contributed by atoms with Crippen LogP contribution in [0, 0.1) is 11.3 Å². The number of para-hydroxylation sites is 2.